The lowest BCUT2D eigenvalue weighted by Gasteiger charge is -2.10. The molecule has 0 aliphatic carbocycles. The first kappa shape index (κ1) is 14.7. The van der Waals surface area contributed by atoms with Gasteiger partial charge in [-0.3, -0.25) is 0 Å². The molecule has 0 saturated carbocycles. The van der Waals surface area contributed by atoms with Crippen LogP contribution in [-0.4, -0.2) is 41.5 Å². The van der Waals surface area contributed by atoms with Crippen LogP contribution in [0.2, 0.25) is 0 Å². The van der Waals surface area contributed by atoms with Crippen LogP contribution in [0.25, 0.3) is 17.0 Å². The van der Waals surface area contributed by atoms with Crippen molar-refractivity contribution in [2.24, 2.45) is 5.14 Å². The molecule has 0 amide bonds. The summed E-state index contributed by atoms with van der Waals surface area (Å²) in [6.07, 6.45) is 3.33. The third kappa shape index (κ3) is 2.90. The van der Waals surface area contributed by atoms with Crippen LogP contribution in [0.3, 0.4) is 0 Å². The molecule has 0 radical (unpaired) electrons. The standard InChI is InChI=1S/C11H11N7O2S/c12-5-4-7(6-13)8-2-1-3-9(21(14,19)20)10(8)11-15-17-18-16-11/h1-6,12-13H,(H2,14,19,20)(H,15,16,17,18)/b7-4+,12-5?,13-6?. The molecule has 10 heteroatoms. The highest BCUT2D eigenvalue weighted by molar-refractivity contribution is 7.89. The summed E-state index contributed by atoms with van der Waals surface area (Å²) in [5, 5.41) is 32.9. The maximum Gasteiger partial charge on any atom is 0.238 e. The lowest BCUT2D eigenvalue weighted by molar-refractivity contribution is 0.598. The molecule has 0 bridgehead atoms. The number of nitrogens with two attached hydrogens (primary N) is 1. The zero-order valence-electron chi connectivity index (χ0n) is 10.6. The second-order valence-electron chi connectivity index (χ2n) is 3.89. The first-order valence-electron chi connectivity index (χ1n) is 5.60. The van der Waals surface area contributed by atoms with E-state index in [9.17, 15) is 8.42 Å². The van der Waals surface area contributed by atoms with Gasteiger partial charge in [0.15, 0.2) is 0 Å². The topological polar surface area (TPSA) is 162 Å². The summed E-state index contributed by atoms with van der Waals surface area (Å²) in [5.74, 6) is 0.0346. The van der Waals surface area contributed by atoms with Crippen LogP contribution >= 0.6 is 0 Å². The zero-order valence-corrected chi connectivity index (χ0v) is 11.4. The summed E-state index contributed by atoms with van der Waals surface area (Å²) in [4.78, 5) is -0.181. The number of benzene rings is 1. The van der Waals surface area contributed by atoms with Crippen LogP contribution in [0.1, 0.15) is 5.56 Å². The highest BCUT2D eigenvalue weighted by atomic mass is 32.2. The third-order valence-corrected chi connectivity index (χ3v) is 3.58. The predicted molar refractivity (Wildman–Crippen MR) is 76.5 cm³/mol. The molecule has 2 aromatic rings. The maximum atomic E-state index is 11.7. The van der Waals surface area contributed by atoms with E-state index in [0.717, 1.165) is 12.4 Å². The van der Waals surface area contributed by atoms with Crippen molar-refractivity contribution < 1.29 is 8.42 Å². The van der Waals surface area contributed by atoms with Gasteiger partial charge in [0.25, 0.3) is 0 Å². The summed E-state index contributed by atoms with van der Waals surface area (Å²) in [6, 6.07) is 4.39. The lowest BCUT2D eigenvalue weighted by atomic mass is 9.99. The maximum absolute atomic E-state index is 11.7. The minimum Gasteiger partial charge on any atom is -0.309 e. The molecule has 0 aliphatic rings. The summed E-state index contributed by atoms with van der Waals surface area (Å²) in [6.45, 7) is 0. The zero-order chi connectivity index (χ0) is 15.5. The highest BCUT2D eigenvalue weighted by Crippen LogP contribution is 2.31. The van der Waals surface area contributed by atoms with Gasteiger partial charge in [-0.1, -0.05) is 12.1 Å². The second-order valence-corrected chi connectivity index (χ2v) is 5.42. The van der Waals surface area contributed by atoms with E-state index in [2.05, 4.69) is 20.6 Å². The summed E-state index contributed by atoms with van der Waals surface area (Å²) >= 11 is 0. The minimum absolute atomic E-state index is 0.0346. The largest absolute Gasteiger partial charge is 0.309 e. The fraction of sp³-hybridized carbons (Fsp3) is 0. The van der Waals surface area contributed by atoms with Gasteiger partial charge in [0.1, 0.15) is 0 Å². The van der Waals surface area contributed by atoms with Crippen LogP contribution in [0.15, 0.2) is 29.2 Å². The van der Waals surface area contributed by atoms with Gasteiger partial charge < -0.3 is 10.8 Å². The SMILES string of the molecule is N=C/C=C(\C=N)c1cccc(S(N)(=O)=O)c1-c1nn[nH]n1. The van der Waals surface area contributed by atoms with Gasteiger partial charge in [-0.25, -0.2) is 13.6 Å². The van der Waals surface area contributed by atoms with Crippen molar-refractivity contribution in [3.63, 3.8) is 0 Å². The van der Waals surface area contributed by atoms with Gasteiger partial charge in [-0.15, -0.1) is 10.2 Å². The van der Waals surface area contributed by atoms with Gasteiger partial charge >= 0.3 is 0 Å². The van der Waals surface area contributed by atoms with E-state index in [1.807, 2.05) is 0 Å². The Hall–Kier alpha value is -2.72. The molecule has 0 fully saturated rings. The Balaban J connectivity index is 2.87. The predicted octanol–water partition coefficient (Wildman–Crippen LogP) is 0.197. The molecule has 0 unspecified atom stereocenters. The Bertz CT molecular complexity index is 809. The Morgan fingerprint density at radius 3 is 2.62 bits per heavy atom. The molecule has 0 spiro atoms. The number of nitrogens with one attached hydrogen (secondary N) is 3. The number of sulfonamides is 1. The average Bonchev–Trinajstić information content (AvgIpc) is 2.97. The minimum atomic E-state index is -4.02. The van der Waals surface area contributed by atoms with E-state index in [1.165, 1.54) is 18.2 Å². The molecule has 5 N–H and O–H groups in total. The molecule has 1 aromatic carbocycles. The molecule has 108 valence electrons. The number of hydrogen-bond acceptors (Lipinski definition) is 7. The Labute approximate surface area is 120 Å². The number of H-pyrrole nitrogens is 1. The number of hydrogen-bond donors (Lipinski definition) is 4. The number of allylic oxidation sites excluding steroid dienone is 2. The van der Waals surface area contributed by atoms with E-state index in [0.29, 0.717) is 11.1 Å². The monoisotopic (exact) mass is 305 g/mol. The van der Waals surface area contributed by atoms with Crippen LogP contribution in [-0.2, 0) is 10.0 Å². The summed E-state index contributed by atoms with van der Waals surface area (Å²) < 4.78 is 23.5. The van der Waals surface area contributed by atoms with Gasteiger partial charge in [0.05, 0.1) is 10.5 Å². The molecular weight excluding hydrogens is 294 g/mol. The van der Waals surface area contributed by atoms with Crippen LogP contribution in [0, 0.1) is 10.8 Å². The van der Waals surface area contributed by atoms with E-state index >= 15 is 0 Å². The van der Waals surface area contributed by atoms with E-state index in [1.54, 1.807) is 6.07 Å². The first-order chi connectivity index (χ1) is 9.99. The van der Waals surface area contributed by atoms with Gasteiger partial charge in [0.2, 0.25) is 15.8 Å². The number of tetrazole rings is 1. The number of primary sulfonamides is 1. The first-order valence-corrected chi connectivity index (χ1v) is 7.15. The van der Waals surface area contributed by atoms with Crippen LogP contribution in [0.5, 0.6) is 0 Å². The average molecular weight is 305 g/mol. The molecular formula is C11H11N7O2S. The number of aromatic amines is 1. The van der Waals surface area contributed by atoms with Crippen LogP contribution < -0.4 is 5.14 Å². The Morgan fingerprint density at radius 2 is 2.10 bits per heavy atom. The quantitative estimate of drug-likeness (QED) is 0.579. The molecule has 21 heavy (non-hydrogen) atoms. The van der Waals surface area contributed by atoms with E-state index < -0.39 is 10.0 Å². The fourth-order valence-corrected chi connectivity index (χ4v) is 2.57. The van der Waals surface area contributed by atoms with Crippen LogP contribution in [0.4, 0.5) is 0 Å². The van der Waals surface area contributed by atoms with E-state index in [-0.39, 0.29) is 16.3 Å². The van der Waals surface area contributed by atoms with E-state index in [4.69, 9.17) is 16.0 Å². The van der Waals surface area contributed by atoms with Crippen molar-refractivity contribution in [2.75, 3.05) is 0 Å². The number of rotatable bonds is 5. The van der Waals surface area contributed by atoms with Crippen molar-refractivity contribution in [1.82, 2.24) is 20.6 Å². The smallest absolute Gasteiger partial charge is 0.238 e. The summed E-state index contributed by atoms with van der Waals surface area (Å²) in [5.41, 5.74) is 0.807. The normalized spacial score (nSPS) is 12.1. The van der Waals surface area contributed by atoms with Crippen molar-refractivity contribution in [3.05, 3.63) is 29.8 Å². The Kier molecular flexibility index (Phi) is 4.00. The van der Waals surface area contributed by atoms with Crippen molar-refractivity contribution >= 4 is 28.0 Å². The van der Waals surface area contributed by atoms with Gasteiger partial charge in [0, 0.05) is 18.0 Å². The molecule has 0 aliphatic heterocycles. The van der Waals surface area contributed by atoms with Crippen molar-refractivity contribution in [2.45, 2.75) is 4.90 Å². The summed E-state index contributed by atoms with van der Waals surface area (Å²) in [7, 11) is -4.02. The number of aromatic nitrogens is 4. The Morgan fingerprint density at radius 1 is 1.33 bits per heavy atom. The van der Waals surface area contributed by atoms with Crippen molar-refractivity contribution in [1.29, 1.82) is 10.8 Å². The molecule has 1 heterocycles. The molecule has 1 aromatic heterocycles. The lowest BCUT2D eigenvalue weighted by Crippen LogP contribution is -2.14. The fourth-order valence-electron chi connectivity index (χ4n) is 1.81. The molecule has 0 saturated heterocycles. The molecule has 2 rings (SSSR count). The second kappa shape index (κ2) is 5.73. The number of nitrogens with zero attached hydrogens (tertiary/aromatic N) is 3. The van der Waals surface area contributed by atoms with Crippen molar-refractivity contribution in [3.8, 4) is 11.4 Å². The van der Waals surface area contributed by atoms with Gasteiger partial charge in [-0.05, 0) is 22.9 Å². The molecule has 9 nitrogen and oxygen atoms in total. The third-order valence-electron chi connectivity index (χ3n) is 2.63. The highest BCUT2D eigenvalue weighted by Gasteiger charge is 2.22. The van der Waals surface area contributed by atoms with Gasteiger partial charge in [-0.2, -0.15) is 5.21 Å². The molecule has 0 atom stereocenters.